The van der Waals surface area contributed by atoms with Gasteiger partial charge in [-0.05, 0) is 30.0 Å². The van der Waals surface area contributed by atoms with Crippen LogP contribution in [0.1, 0.15) is 32.3 Å². The lowest BCUT2D eigenvalue weighted by Crippen LogP contribution is -2.58. The van der Waals surface area contributed by atoms with E-state index in [2.05, 4.69) is 28.6 Å². The number of phenols is 1. The Morgan fingerprint density at radius 1 is 0.886 bits per heavy atom. The summed E-state index contributed by atoms with van der Waals surface area (Å²) in [4.78, 5) is 60.4. The number of carboxylic acids is 2. The lowest BCUT2D eigenvalue weighted by atomic mass is 10.0. The highest BCUT2D eigenvalue weighted by atomic mass is 32.1. The fourth-order valence-corrected chi connectivity index (χ4v) is 3.17. The summed E-state index contributed by atoms with van der Waals surface area (Å²) in [7, 11) is 0. The molecule has 0 spiro atoms. The van der Waals surface area contributed by atoms with Crippen molar-refractivity contribution in [2.45, 2.75) is 57.3 Å². The number of rotatable bonds is 14. The van der Waals surface area contributed by atoms with Crippen molar-refractivity contribution >= 4 is 42.3 Å². The van der Waals surface area contributed by atoms with E-state index in [0.717, 1.165) is 0 Å². The number of carboxylic acid groups (broad SMARTS) is 2. The number of benzene rings is 1. The van der Waals surface area contributed by atoms with Gasteiger partial charge in [-0.2, -0.15) is 12.6 Å². The number of thiol groups is 1. The molecule has 12 nitrogen and oxygen atoms in total. The average Bonchev–Trinajstić information content (AvgIpc) is 2.79. The molecule has 4 unspecified atom stereocenters. The van der Waals surface area contributed by atoms with Crippen molar-refractivity contribution < 1.29 is 39.3 Å². The Hall–Kier alpha value is -3.32. The molecule has 0 aromatic heterocycles. The Balaban J connectivity index is 2.91. The van der Waals surface area contributed by atoms with Gasteiger partial charge in [0.15, 0.2) is 0 Å². The highest BCUT2D eigenvalue weighted by molar-refractivity contribution is 7.80. The average molecular weight is 513 g/mol. The fraction of sp³-hybridized carbons (Fsp3) is 0.500. The zero-order valence-corrected chi connectivity index (χ0v) is 20.3. The Bertz CT molecular complexity index is 909. The van der Waals surface area contributed by atoms with E-state index in [1.165, 1.54) is 24.3 Å². The molecule has 0 aliphatic rings. The monoisotopic (exact) mass is 512 g/mol. The van der Waals surface area contributed by atoms with Crippen LogP contribution in [-0.4, -0.2) is 74.9 Å². The van der Waals surface area contributed by atoms with Crippen LogP contribution in [-0.2, 0) is 30.4 Å². The number of hydrogen-bond donors (Lipinski definition) is 8. The van der Waals surface area contributed by atoms with E-state index in [4.69, 9.17) is 10.8 Å². The summed E-state index contributed by atoms with van der Waals surface area (Å²) in [6, 6.07) is 0.946. The second-order valence-electron chi connectivity index (χ2n) is 8.28. The topological polar surface area (TPSA) is 208 Å². The molecular weight excluding hydrogens is 480 g/mol. The molecule has 4 atom stereocenters. The van der Waals surface area contributed by atoms with Crippen molar-refractivity contribution in [2.75, 3.05) is 5.75 Å². The van der Waals surface area contributed by atoms with E-state index in [9.17, 15) is 34.2 Å². The molecule has 1 aromatic carbocycles. The Labute approximate surface area is 208 Å². The van der Waals surface area contributed by atoms with E-state index in [1.807, 2.05) is 0 Å². The lowest BCUT2D eigenvalue weighted by Gasteiger charge is -2.25. The standard InChI is InChI=1S/C22H32N4O8S/c1-11(2)18(23)21(32)24-14(7-8-17(28)29)19(30)26-16(10-35)20(31)25-15(22(33)34)9-12-3-5-13(27)6-4-12/h3-6,11,14-16,18,27,35H,7-10,23H2,1-2H3,(H,24,32)(H,25,31)(H,26,30)(H,28,29)(H,33,34). The number of carbonyl (C=O) groups excluding carboxylic acids is 3. The van der Waals surface area contributed by atoms with E-state index < -0.39 is 60.2 Å². The van der Waals surface area contributed by atoms with Gasteiger partial charge in [0.05, 0.1) is 6.04 Å². The number of nitrogens with two attached hydrogens (primary N) is 1. The van der Waals surface area contributed by atoms with Crippen LogP contribution < -0.4 is 21.7 Å². The number of aliphatic carboxylic acids is 2. The van der Waals surface area contributed by atoms with Gasteiger partial charge in [0.25, 0.3) is 0 Å². The molecule has 0 radical (unpaired) electrons. The molecule has 1 rings (SSSR count). The van der Waals surface area contributed by atoms with Gasteiger partial charge in [0.2, 0.25) is 17.7 Å². The smallest absolute Gasteiger partial charge is 0.326 e. The summed E-state index contributed by atoms with van der Waals surface area (Å²) in [5.41, 5.74) is 6.33. The number of aromatic hydroxyl groups is 1. The van der Waals surface area contributed by atoms with Crippen molar-refractivity contribution in [3.63, 3.8) is 0 Å². The van der Waals surface area contributed by atoms with Crippen LogP contribution in [0.3, 0.4) is 0 Å². The van der Waals surface area contributed by atoms with Crippen LogP contribution in [0.5, 0.6) is 5.75 Å². The Morgan fingerprint density at radius 2 is 1.40 bits per heavy atom. The number of phenolic OH excluding ortho intramolecular Hbond substituents is 1. The quantitative estimate of drug-likeness (QED) is 0.147. The van der Waals surface area contributed by atoms with Crippen LogP contribution in [0.2, 0.25) is 0 Å². The third-order valence-electron chi connectivity index (χ3n) is 5.11. The highest BCUT2D eigenvalue weighted by Gasteiger charge is 2.30. The van der Waals surface area contributed by atoms with Crippen molar-refractivity contribution in [3.8, 4) is 5.75 Å². The summed E-state index contributed by atoms with van der Waals surface area (Å²) in [6.45, 7) is 3.41. The van der Waals surface area contributed by atoms with Gasteiger partial charge < -0.3 is 37.0 Å². The normalized spacial score (nSPS) is 14.3. The van der Waals surface area contributed by atoms with Gasteiger partial charge in [0.1, 0.15) is 23.9 Å². The Morgan fingerprint density at radius 3 is 1.89 bits per heavy atom. The maximum absolute atomic E-state index is 12.8. The molecule has 1 aromatic rings. The third kappa shape index (κ3) is 10.2. The molecule has 0 bridgehead atoms. The first-order chi connectivity index (χ1) is 16.3. The molecular formula is C22H32N4O8S. The molecule has 194 valence electrons. The SMILES string of the molecule is CC(C)C(N)C(=O)NC(CCC(=O)O)C(=O)NC(CS)C(=O)NC(Cc1ccc(O)cc1)C(=O)O. The van der Waals surface area contributed by atoms with Crippen LogP contribution in [0, 0.1) is 5.92 Å². The first-order valence-electron chi connectivity index (χ1n) is 10.9. The van der Waals surface area contributed by atoms with Gasteiger partial charge in [0, 0.05) is 18.6 Å². The third-order valence-corrected chi connectivity index (χ3v) is 5.47. The maximum atomic E-state index is 12.8. The van der Waals surface area contributed by atoms with E-state index in [0.29, 0.717) is 5.56 Å². The highest BCUT2D eigenvalue weighted by Crippen LogP contribution is 2.12. The molecule has 0 heterocycles. The number of hydrogen-bond acceptors (Lipinski definition) is 8. The second-order valence-corrected chi connectivity index (χ2v) is 8.64. The number of nitrogens with one attached hydrogen (secondary N) is 3. The summed E-state index contributed by atoms with van der Waals surface area (Å²) < 4.78 is 0. The lowest BCUT2D eigenvalue weighted by molar-refractivity contribution is -0.142. The predicted octanol–water partition coefficient (Wildman–Crippen LogP) is -0.748. The minimum atomic E-state index is -1.34. The van der Waals surface area contributed by atoms with E-state index in [-0.39, 0.29) is 30.3 Å². The predicted molar refractivity (Wildman–Crippen MR) is 129 cm³/mol. The molecule has 0 aliphatic carbocycles. The summed E-state index contributed by atoms with van der Waals surface area (Å²) in [5, 5.41) is 34.9. The van der Waals surface area contributed by atoms with Crippen molar-refractivity contribution in [3.05, 3.63) is 29.8 Å². The van der Waals surface area contributed by atoms with Crippen molar-refractivity contribution in [1.29, 1.82) is 0 Å². The Kier molecular flexibility index (Phi) is 12.0. The van der Waals surface area contributed by atoms with Crippen LogP contribution in [0.15, 0.2) is 24.3 Å². The largest absolute Gasteiger partial charge is 0.508 e. The maximum Gasteiger partial charge on any atom is 0.326 e. The van der Waals surface area contributed by atoms with Gasteiger partial charge in [-0.25, -0.2) is 4.79 Å². The van der Waals surface area contributed by atoms with E-state index in [1.54, 1.807) is 13.8 Å². The van der Waals surface area contributed by atoms with Crippen molar-refractivity contribution in [1.82, 2.24) is 16.0 Å². The number of carbonyl (C=O) groups is 5. The first-order valence-corrected chi connectivity index (χ1v) is 11.5. The minimum absolute atomic E-state index is 0.00130. The first kappa shape index (κ1) is 29.7. The molecule has 0 fully saturated rings. The molecule has 0 aliphatic heterocycles. The molecule has 35 heavy (non-hydrogen) atoms. The number of amides is 3. The summed E-state index contributed by atoms with van der Waals surface area (Å²) in [6.07, 6.45) is -0.767. The van der Waals surface area contributed by atoms with Gasteiger partial charge in [-0.1, -0.05) is 26.0 Å². The van der Waals surface area contributed by atoms with Crippen LogP contribution >= 0.6 is 12.6 Å². The molecule has 0 saturated carbocycles. The zero-order valence-electron chi connectivity index (χ0n) is 19.4. The molecule has 8 N–H and O–H groups in total. The molecule has 0 saturated heterocycles. The molecule has 3 amide bonds. The summed E-state index contributed by atoms with van der Waals surface area (Å²) in [5.74, 6) is -5.27. The van der Waals surface area contributed by atoms with Gasteiger partial charge in [-0.3, -0.25) is 19.2 Å². The summed E-state index contributed by atoms with van der Waals surface area (Å²) >= 11 is 4.04. The van der Waals surface area contributed by atoms with Crippen molar-refractivity contribution in [2.24, 2.45) is 11.7 Å². The van der Waals surface area contributed by atoms with Gasteiger partial charge in [-0.15, -0.1) is 0 Å². The molecule has 13 heteroatoms. The fourth-order valence-electron chi connectivity index (χ4n) is 2.91. The van der Waals surface area contributed by atoms with Gasteiger partial charge >= 0.3 is 11.9 Å². The van der Waals surface area contributed by atoms with E-state index >= 15 is 0 Å². The minimum Gasteiger partial charge on any atom is -0.508 e. The van der Waals surface area contributed by atoms with Crippen LogP contribution in [0.4, 0.5) is 0 Å². The zero-order chi connectivity index (χ0) is 26.7. The van der Waals surface area contributed by atoms with Crippen LogP contribution in [0.25, 0.3) is 0 Å². The second kappa shape index (κ2) is 14.2.